The number of carbonyl (C=O) groups is 1. The van der Waals surface area contributed by atoms with E-state index in [1.165, 1.54) is 12.1 Å². The van der Waals surface area contributed by atoms with Crippen molar-refractivity contribution in [2.75, 3.05) is 19.8 Å². The van der Waals surface area contributed by atoms with E-state index >= 15 is 0 Å². The van der Waals surface area contributed by atoms with Gasteiger partial charge in [-0.2, -0.15) is 0 Å². The van der Waals surface area contributed by atoms with Crippen LogP contribution in [-0.2, 0) is 16.1 Å². The molecule has 0 spiro atoms. The lowest BCUT2D eigenvalue weighted by molar-refractivity contribution is -0.143. The Bertz CT molecular complexity index is 491. The molecule has 1 fully saturated rings. The first kappa shape index (κ1) is 16.4. The van der Waals surface area contributed by atoms with Crippen molar-refractivity contribution in [3.05, 3.63) is 34.1 Å². The van der Waals surface area contributed by atoms with Crippen molar-refractivity contribution >= 4 is 21.9 Å². The van der Waals surface area contributed by atoms with Gasteiger partial charge >= 0.3 is 5.97 Å². The van der Waals surface area contributed by atoms with Crippen LogP contribution in [0.1, 0.15) is 18.9 Å². The average Bonchev–Trinajstić information content (AvgIpc) is 2.86. The highest BCUT2D eigenvalue weighted by atomic mass is 79.9. The molecular weight excluding hydrogens is 341 g/mol. The fourth-order valence-electron chi connectivity index (χ4n) is 2.72. The Labute approximate surface area is 132 Å². The molecule has 1 aliphatic heterocycles. The molecule has 116 valence electrons. The Kier molecular flexibility index (Phi) is 5.72. The molecule has 0 radical (unpaired) electrons. The van der Waals surface area contributed by atoms with Crippen molar-refractivity contribution in [2.24, 2.45) is 5.92 Å². The SMILES string of the molecule is CCCN(Cc1cc(F)cc(Br)c1)C1COCC1C(=O)O. The second-order valence-corrected chi connectivity index (χ2v) is 6.21. The van der Waals surface area contributed by atoms with Gasteiger partial charge in [-0.3, -0.25) is 9.69 Å². The largest absolute Gasteiger partial charge is 0.481 e. The number of hydrogen-bond acceptors (Lipinski definition) is 3. The molecule has 1 heterocycles. The zero-order valence-corrected chi connectivity index (χ0v) is 13.5. The van der Waals surface area contributed by atoms with Crippen LogP contribution in [0, 0.1) is 11.7 Å². The van der Waals surface area contributed by atoms with E-state index in [2.05, 4.69) is 20.8 Å². The molecule has 1 aromatic rings. The monoisotopic (exact) mass is 359 g/mol. The van der Waals surface area contributed by atoms with E-state index in [1.807, 2.05) is 13.0 Å². The number of halogens is 2. The maximum atomic E-state index is 13.5. The minimum absolute atomic E-state index is 0.163. The van der Waals surface area contributed by atoms with Crippen molar-refractivity contribution in [1.82, 2.24) is 4.90 Å². The maximum Gasteiger partial charge on any atom is 0.310 e. The van der Waals surface area contributed by atoms with Gasteiger partial charge in [-0.25, -0.2) is 4.39 Å². The van der Waals surface area contributed by atoms with E-state index in [9.17, 15) is 14.3 Å². The summed E-state index contributed by atoms with van der Waals surface area (Å²) in [7, 11) is 0. The molecule has 6 heteroatoms. The van der Waals surface area contributed by atoms with Gasteiger partial charge < -0.3 is 9.84 Å². The molecule has 0 aromatic heterocycles. The summed E-state index contributed by atoms with van der Waals surface area (Å²) in [6.07, 6.45) is 0.902. The maximum absolute atomic E-state index is 13.5. The van der Waals surface area contributed by atoms with Crippen molar-refractivity contribution < 1.29 is 19.0 Å². The van der Waals surface area contributed by atoms with Crippen LogP contribution < -0.4 is 0 Å². The van der Waals surface area contributed by atoms with Crippen molar-refractivity contribution in [3.8, 4) is 0 Å². The Balaban J connectivity index is 2.16. The lowest BCUT2D eigenvalue weighted by Crippen LogP contribution is -2.43. The molecule has 21 heavy (non-hydrogen) atoms. The van der Waals surface area contributed by atoms with Gasteiger partial charge in [0, 0.05) is 17.1 Å². The molecular formula is C15H19BrFNO3. The molecule has 1 aromatic carbocycles. The van der Waals surface area contributed by atoms with Crippen LogP contribution >= 0.6 is 15.9 Å². The van der Waals surface area contributed by atoms with E-state index < -0.39 is 11.9 Å². The van der Waals surface area contributed by atoms with Crippen molar-refractivity contribution in [1.29, 1.82) is 0 Å². The van der Waals surface area contributed by atoms with Gasteiger partial charge in [0.1, 0.15) is 5.82 Å². The quantitative estimate of drug-likeness (QED) is 0.848. The standard InChI is InChI=1S/C15H19BrFNO3/c1-2-3-18(14-9-21-8-13(14)15(19)20)7-10-4-11(16)6-12(17)5-10/h4-6,13-14H,2-3,7-9H2,1H3,(H,19,20). The fourth-order valence-corrected chi connectivity index (χ4v) is 3.24. The number of carboxylic acids is 1. The Morgan fingerprint density at radius 2 is 2.24 bits per heavy atom. The number of carboxylic acid groups (broad SMARTS) is 1. The zero-order chi connectivity index (χ0) is 15.4. The molecule has 1 aliphatic rings. The normalized spacial score (nSPS) is 21.9. The van der Waals surface area contributed by atoms with Crippen molar-refractivity contribution in [3.63, 3.8) is 0 Å². The van der Waals surface area contributed by atoms with Gasteiger partial charge in [-0.15, -0.1) is 0 Å². The lowest BCUT2D eigenvalue weighted by Gasteiger charge is -2.30. The predicted molar refractivity (Wildman–Crippen MR) is 80.5 cm³/mol. The third kappa shape index (κ3) is 4.25. The number of rotatable bonds is 6. The molecule has 2 atom stereocenters. The Morgan fingerprint density at radius 3 is 2.86 bits per heavy atom. The highest BCUT2D eigenvalue weighted by Gasteiger charge is 2.37. The second kappa shape index (κ2) is 7.33. The topological polar surface area (TPSA) is 49.8 Å². The second-order valence-electron chi connectivity index (χ2n) is 5.30. The molecule has 2 rings (SSSR count). The van der Waals surface area contributed by atoms with E-state index in [-0.39, 0.29) is 18.5 Å². The van der Waals surface area contributed by atoms with Crippen LogP contribution in [0.5, 0.6) is 0 Å². The summed E-state index contributed by atoms with van der Waals surface area (Å²) in [5.74, 6) is -1.65. The molecule has 1 N–H and O–H groups in total. The molecule has 0 aliphatic carbocycles. The van der Waals surface area contributed by atoms with Gasteiger partial charge in [0.15, 0.2) is 0 Å². The number of benzene rings is 1. The minimum Gasteiger partial charge on any atom is -0.481 e. The third-order valence-electron chi connectivity index (χ3n) is 3.66. The summed E-state index contributed by atoms with van der Waals surface area (Å²) < 4.78 is 19.5. The average molecular weight is 360 g/mol. The van der Waals surface area contributed by atoms with Crippen LogP contribution in [0.15, 0.2) is 22.7 Å². The minimum atomic E-state index is -0.834. The Hall–Kier alpha value is -0.980. The zero-order valence-electron chi connectivity index (χ0n) is 11.9. The van der Waals surface area contributed by atoms with Crippen LogP contribution in [0.25, 0.3) is 0 Å². The molecule has 1 saturated heterocycles. The first-order valence-electron chi connectivity index (χ1n) is 7.00. The number of hydrogen-bond donors (Lipinski definition) is 1. The summed E-state index contributed by atoms with van der Waals surface area (Å²) >= 11 is 3.28. The lowest BCUT2D eigenvalue weighted by atomic mass is 10.0. The highest BCUT2D eigenvalue weighted by Crippen LogP contribution is 2.24. The van der Waals surface area contributed by atoms with Gasteiger partial charge in [-0.1, -0.05) is 22.9 Å². The summed E-state index contributed by atoms with van der Waals surface area (Å²) in [6.45, 7) is 3.97. The molecule has 4 nitrogen and oxygen atoms in total. The van der Waals surface area contributed by atoms with Gasteiger partial charge in [0.2, 0.25) is 0 Å². The molecule has 0 bridgehead atoms. The first-order chi connectivity index (χ1) is 10.0. The highest BCUT2D eigenvalue weighted by molar-refractivity contribution is 9.10. The number of nitrogens with zero attached hydrogens (tertiary/aromatic N) is 1. The fraction of sp³-hybridized carbons (Fsp3) is 0.533. The summed E-state index contributed by atoms with van der Waals surface area (Å²) in [5.41, 5.74) is 0.825. The number of aliphatic carboxylic acids is 1. The van der Waals surface area contributed by atoms with Crippen LogP contribution in [0.2, 0.25) is 0 Å². The van der Waals surface area contributed by atoms with Crippen LogP contribution in [0.4, 0.5) is 4.39 Å². The van der Waals surface area contributed by atoms with E-state index in [1.54, 1.807) is 0 Å². The van der Waals surface area contributed by atoms with Gasteiger partial charge in [-0.05, 0) is 36.7 Å². The van der Waals surface area contributed by atoms with E-state index in [4.69, 9.17) is 4.74 Å². The summed E-state index contributed by atoms with van der Waals surface area (Å²) in [4.78, 5) is 13.4. The predicted octanol–water partition coefficient (Wildman–Crippen LogP) is 2.90. The number of ether oxygens (including phenoxy) is 1. The van der Waals surface area contributed by atoms with Gasteiger partial charge in [0.25, 0.3) is 0 Å². The van der Waals surface area contributed by atoms with E-state index in [0.717, 1.165) is 18.5 Å². The van der Waals surface area contributed by atoms with Gasteiger partial charge in [0.05, 0.1) is 19.1 Å². The summed E-state index contributed by atoms with van der Waals surface area (Å²) in [5, 5.41) is 9.28. The first-order valence-corrected chi connectivity index (χ1v) is 7.80. The third-order valence-corrected chi connectivity index (χ3v) is 4.11. The molecule has 0 amide bonds. The van der Waals surface area contributed by atoms with Crippen LogP contribution in [-0.4, -0.2) is 41.8 Å². The molecule has 0 saturated carbocycles. The van der Waals surface area contributed by atoms with Crippen LogP contribution in [0.3, 0.4) is 0 Å². The van der Waals surface area contributed by atoms with E-state index in [0.29, 0.717) is 17.6 Å². The smallest absolute Gasteiger partial charge is 0.310 e. The Morgan fingerprint density at radius 1 is 1.48 bits per heavy atom. The van der Waals surface area contributed by atoms with Crippen molar-refractivity contribution in [2.45, 2.75) is 25.9 Å². The molecule has 2 unspecified atom stereocenters. The summed E-state index contributed by atoms with van der Waals surface area (Å²) in [6, 6.07) is 4.59.